The van der Waals surface area contributed by atoms with Crippen LogP contribution in [0.15, 0.2) is 41.8 Å². The van der Waals surface area contributed by atoms with Gasteiger partial charge in [0, 0.05) is 63.1 Å². The van der Waals surface area contributed by atoms with Crippen molar-refractivity contribution in [2.45, 2.75) is 17.9 Å². The monoisotopic (exact) mass is 480 g/mol. The van der Waals surface area contributed by atoms with E-state index in [0.717, 1.165) is 43.4 Å². The zero-order valence-electron chi connectivity index (χ0n) is 17.9. The van der Waals surface area contributed by atoms with Crippen molar-refractivity contribution >= 4 is 33.2 Å². The van der Waals surface area contributed by atoms with Gasteiger partial charge in [-0.25, -0.2) is 13.4 Å². The highest BCUT2D eigenvalue weighted by molar-refractivity contribution is 7.89. The SMILES string of the molecule is O=C(NCCN1CCN(c2cccc(Cl)c2)CC1)[C@@H]1CCCN(S(=O)(=O)c2cnc[nH]2)C1. The van der Waals surface area contributed by atoms with Crippen LogP contribution in [0, 0.1) is 5.92 Å². The number of nitrogens with one attached hydrogen (secondary N) is 2. The minimum atomic E-state index is -3.64. The van der Waals surface area contributed by atoms with Crippen molar-refractivity contribution in [3.8, 4) is 0 Å². The Morgan fingerprint density at radius 1 is 1.22 bits per heavy atom. The number of piperazine rings is 1. The normalized spacial score (nSPS) is 20.9. The fourth-order valence-corrected chi connectivity index (χ4v) is 5.89. The van der Waals surface area contributed by atoms with Gasteiger partial charge in [-0.15, -0.1) is 0 Å². The number of H-pyrrole nitrogens is 1. The molecule has 0 saturated carbocycles. The van der Waals surface area contributed by atoms with Gasteiger partial charge in [0.05, 0.1) is 18.4 Å². The van der Waals surface area contributed by atoms with E-state index in [9.17, 15) is 13.2 Å². The molecule has 0 unspecified atom stereocenters. The molecule has 2 saturated heterocycles. The number of aromatic amines is 1. The van der Waals surface area contributed by atoms with Gasteiger partial charge >= 0.3 is 0 Å². The third kappa shape index (κ3) is 5.43. The molecule has 1 aromatic heterocycles. The molecule has 0 spiro atoms. The van der Waals surface area contributed by atoms with Crippen LogP contribution in [0.3, 0.4) is 0 Å². The molecule has 2 aliphatic rings. The molecule has 1 amide bonds. The Kier molecular flexibility index (Phi) is 7.34. The van der Waals surface area contributed by atoms with E-state index >= 15 is 0 Å². The van der Waals surface area contributed by atoms with Gasteiger partial charge in [-0.05, 0) is 31.0 Å². The quantitative estimate of drug-likeness (QED) is 0.621. The number of piperidine rings is 1. The third-order valence-electron chi connectivity index (χ3n) is 6.12. The second-order valence-electron chi connectivity index (χ2n) is 8.22. The maximum absolute atomic E-state index is 12.7. The number of rotatable bonds is 7. The maximum atomic E-state index is 12.7. The Morgan fingerprint density at radius 3 is 2.75 bits per heavy atom. The lowest BCUT2D eigenvalue weighted by Crippen LogP contribution is -2.50. The van der Waals surface area contributed by atoms with Crippen LogP contribution in [0.1, 0.15) is 12.8 Å². The molecule has 3 heterocycles. The highest BCUT2D eigenvalue weighted by Crippen LogP contribution is 2.23. The summed E-state index contributed by atoms with van der Waals surface area (Å²) >= 11 is 6.10. The molecule has 1 atom stereocenters. The molecule has 0 radical (unpaired) electrons. The fourth-order valence-electron chi connectivity index (χ4n) is 4.28. The Labute approximate surface area is 193 Å². The molecule has 32 heavy (non-hydrogen) atoms. The molecule has 2 aliphatic heterocycles. The molecular formula is C21H29ClN6O3S. The number of sulfonamides is 1. The van der Waals surface area contributed by atoms with E-state index in [1.807, 2.05) is 18.2 Å². The first-order chi connectivity index (χ1) is 15.4. The summed E-state index contributed by atoms with van der Waals surface area (Å²) in [4.78, 5) is 23.8. The van der Waals surface area contributed by atoms with Crippen LogP contribution in [0.2, 0.25) is 5.02 Å². The second kappa shape index (κ2) is 10.2. The summed E-state index contributed by atoms with van der Waals surface area (Å²) in [5.41, 5.74) is 1.14. The summed E-state index contributed by atoms with van der Waals surface area (Å²) in [6.07, 6.45) is 4.00. The number of aromatic nitrogens is 2. The van der Waals surface area contributed by atoms with Gasteiger partial charge in [0.2, 0.25) is 5.91 Å². The topological polar surface area (TPSA) is 102 Å². The number of carbonyl (C=O) groups is 1. The van der Waals surface area contributed by atoms with Crippen LogP contribution in [-0.2, 0) is 14.8 Å². The molecule has 1 aromatic carbocycles. The smallest absolute Gasteiger partial charge is 0.260 e. The summed E-state index contributed by atoms with van der Waals surface area (Å²) in [7, 11) is -3.64. The van der Waals surface area contributed by atoms with Crippen LogP contribution in [0.5, 0.6) is 0 Å². The van der Waals surface area contributed by atoms with Gasteiger partial charge in [0.15, 0.2) is 5.03 Å². The van der Waals surface area contributed by atoms with E-state index in [1.165, 1.54) is 16.8 Å². The van der Waals surface area contributed by atoms with Gasteiger partial charge in [-0.2, -0.15) is 4.31 Å². The first kappa shape index (κ1) is 23.0. The first-order valence-electron chi connectivity index (χ1n) is 10.9. The second-order valence-corrected chi connectivity index (χ2v) is 10.6. The molecule has 2 N–H and O–H groups in total. The lowest BCUT2D eigenvalue weighted by Gasteiger charge is -2.36. The Hall–Kier alpha value is -2.14. The van der Waals surface area contributed by atoms with Crippen LogP contribution >= 0.6 is 11.6 Å². The summed E-state index contributed by atoms with van der Waals surface area (Å²) in [6.45, 7) is 5.62. The Balaban J connectivity index is 1.21. The molecule has 0 aliphatic carbocycles. The lowest BCUT2D eigenvalue weighted by atomic mass is 9.99. The summed E-state index contributed by atoms with van der Waals surface area (Å²) in [6, 6.07) is 7.90. The van der Waals surface area contributed by atoms with E-state index in [0.29, 0.717) is 25.9 Å². The zero-order valence-corrected chi connectivity index (χ0v) is 19.5. The van der Waals surface area contributed by atoms with Crippen molar-refractivity contribution in [2.75, 3.05) is 57.3 Å². The highest BCUT2D eigenvalue weighted by Gasteiger charge is 2.34. The van der Waals surface area contributed by atoms with Gasteiger partial charge < -0.3 is 15.2 Å². The third-order valence-corrected chi connectivity index (χ3v) is 8.14. The molecule has 4 rings (SSSR count). The predicted octanol–water partition coefficient (Wildman–Crippen LogP) is 1.40. The van der Waals surface area contributed by atoms with Crippen LogP contribution in [-0.4, -0.2) is 85.9 Å². The largest absolute Gasteiger partial charge is 0.369 e. The number of anilines is 1. The Bertz CT molecular complexity index is 1010. The van der Waals surface area contributed by atoms with Crippen LogP contribution < -0.4 is 10.2 Å². The molecule has 2 aromatic rings. The zero-order chi connectivity index (χ0) is 22.6. The number of nitrogens with zero attached hydrogens (tertiary/aromatic N) is 4. The number of halogens is 1. The maximum Gasteiger partial charge on any atom is 0.260 e. The van der Waals surface area contributed by atoms with Gasteiger partial charge in [-0.3, -0.25) is 9.69 Å². The number of hydrogen-bond acceptors (Lipinski definition) is 6. The Morgan fingerprint density at radius 2 is 2.03 bits per heavy atom. The standard InChI is InChI=1S/C21H29ClN6O3S/c22-18-4-1-5-19(13-18)27-11-9-26(10-12-27)8-6-24-21(29)17-3-2-7-28(15-17)32(30,31)20-14-23-16-25-20/h1,4-5,13-14,16-17H,2-3,6-12,15H2,(H,23,25)(H,24,29)/t17-/m1/s1. The van der Waals surface area contributed by atoms with E-state index in [-0.39, 0.29) is 23.4 Å². The van der Waals surface area contributed by atoms with Crippen LogP contribution in [0.25, 0.3) is 0 Å². The fraction of sp³-hybridized carbons (Fsp3) is 0.524. The molecule has 174 valence electrons. The van der Waals surface area contributed by atoms with E-state index in [4.69, 9.17) is 11.6 Å². The highest BCUT2D eigenvalue weighted by atomic mass is 35.5. The minimum Gasteiger partial charge on any atom is -0.369 e. The average molecular weight is 481 g/mol. The van der Waals surface area contributed by atoms with Crippen molar-refractivity contribution in [1.29, 1.82) is 0 Å². The van der Waals surface area contributed by atoms with E-state index in [2.05, 4.69) is 31.2 Å². The number of imidazole rings is 1. The van der Waals surface area contributed by atoms with Gasteiger partial charge in [-0.1, -0.05) is 17.7 Å². The van der Waals surface area contributed by atoms with E-state index in [1.54, 1.807) is 0 Å². The minimum absolute atomic E-state index is 0.0653. The van der Waals surface area contributed by atoms with Crippen molar-refractivity contribution < 1.29 is 13.2 Å². The van der Waals surface area contributed by atoms with Gasteiger partial charge in [0.25, 0.3) is 10.0 Å². The molecular weight excluding hydrogens is 452 g/mol. The number of benzene rings is 1. The molecule has 0 bridgehead atoms. The van der Waals surface area contributed by atoms with Crippen molar-refractivity contribution in [1.82, 2.24) is 24.5 Å². The number of carbonyl (C=O) groups excluding carboxylic acids is 1. The van der Waals surface area contributed by atoms with Crippen molar-refractivity contribution in [3.63, 3.8) is 0 Å². The molecule has 2 fully saturated rings. The summed E-state index contributed by atoms with van der Waals surface area (Å²) in [5, 5.41) is 3.81. The average Bonchev–Trinajstić information content (AvgIpc) is 3.36. The predicted molar refractivity (Wildman–Crippen MR) is 123 cm³/mol. The van der Waals surface area contributed by atoms with Crippen molar-refractivity contribution in [3.05, 3.63) is 41.8 Å². The van der Waals surface area contributed by atoms with E-state index < -0.39 is 10.0 Å². The first-order valence-corrected chi connectivity index (χ1v) is 12.7. The summed E-state index contributed by atoms with van der Waals surface area (Å²) in [5.74, 6) is -0.409. The van der Waals surface area contributed by atoms with Crippen molar-refractivity contribution in [2.24, 2.45) is 5.92 Å². The molecule has 11 heteroatoms. The lowest BCUT2D eigenvalue weighted by molar-refractivity contribution is -0.126. The van der Waals surface area contributed by atoms with Crippen LogP contribution in [0.4, 0.5) is 5.69 Å². The number of amides is 1. The van der Waals surface area contributed by atoms with Gasteiger partial charge in [0.1, 0.15) is 0 Å². The summed E-state index contributed by atoms with van der Waals surface area (Å²) < 4.78 is 26.8. The number of hydrogen-bond donors (Lipinski definition) is 2. The molecule has 9 nitrogen and oxygen atoms in total.